The number of halogens is 3. The minimum Gasteiger partial charge on any atom is -0.431 e. The van der Waals surface area contributed by atoms with Crippen molar-refractivity contribution < 1.29 is 41.3 Å². The molecule has 0 spiro atoms. The van der Waals surface area contributed by atoms with Crippen molar-refractivity contribution in [2.24, 2.45) is 0 Å². The Morgan fingerprint density at radius 3 is 2.17 bits per heavy atom. The minimum atomic E-state index is -4.47. The van der Waals surface area contributed by atoms with Crippen molar-refractivity contribution >= 4 is 27.1 Å². The number of rotatable bonds is 10. The number of hydrogen-bond donors (Lipinski definition) is 3. The number of aliphatic hydroxyl groups excluding tert-OH is 2. The number of sulfone groups is 1. The van der Waals surface area contributed by atoms with Gasteiger partial charge in [-0.15, -0.1) is 0 Å². The molecule has 1 amide bonds. The van der Waals surface area contributed by atoms with Gasteiger partial charge in [0.2, 0.25) is 0 Å². The molecule has 0 aliphatic carbocycles. The highest BCUT2D eigenvalue weighted by Crippen LogP contribution is 2.36. The molecule has 0 radical (unpaired) electrons. The molecule has 0 bridgehead atoms. The molecule has 0 saturated carbocycles. The molecule has 1 heterocycles. The van der Waals surface area contributed by atoms with Crippen molar-refractivity contribution in [1.82, 2.24) is 10.3 Å². The van der Waals surface area contributed by atoms with Crippen LogP contribution in [-0.2, 0) is 22.6 Å². The maximum Gasteiger partial charge on any atom is 0.416 e. The van der Waals surface area contributed by atoms with Gasteiger partial charge in [0.1, 0.15) is 5.75 Å². The third-order valence-corrected chi connectivity index (χ3v) is 8.81. The lowest BCUT2D eigenvalue weighted by Crippen LogP contribution is -2.30. The second-order valence-electron chi connectivity index (χ2n) is 8.79. The van der Waals surface area contributed by atoms with Gasteiger partial charge in [-0.1, -0.05) is 42.5 Å². The summed E-state index contributed by atoms with van der Waals surface area (Å²) in [5.74, 6) is -0.376. The number of carbonyl (C=O) groups is 1. The van der Waals surface area contributed by atoms with Crippen LogP contribution in [0.2, 0.25) is 0 Å². The van der Waals surface area contributed by atoms with E-state index >= 15 is 0 Å². The third-order valence-electron chi connectivity index (χ3n) is 6.14. The van der Waals surface area contributed by atoms with Crippen molar-refractivity contribution in [2.45, 2.75) is 30.6 Å². The van der Waals surface area contributed by atoms with Gasteiger partial charge >= 0.3 is 6.18 Å². The number of hydrogen-bond acceptors (Lipinski definition) is 8. The molecular weight excluding hydrogens is 581 g/mol. The summed E-state index contributed by atoms with van der Waals surface area (Å²) in [6.45, 7) is 0.770. The Labute approximate surface area is 238 Å². The predicted molar refractivity (Wildman–Crippen MR) is 146 cm³/mol. The quantitative estimate of drug-likeness (QED) is 0.222. The standard InChI is InChI=1S/C28H25F3N2O6S2/c1-2-41(37,38)22-13-7-17(8-14-22)23(15-34)32-26(36)19-5-3-18(4-6-19)25-24(16-35)40-27(33-25)39-21-11-9-20(10-12-21)28(29,30)31/h3-14,23,34-35H,2,15-16H2,1H3,(H,32,36). The Bertz CT molecular complexity index is 1600. The number of amides is 1. The molecule has 4 aromatic rings. The first-order valence-electron chi connectivity index (χ1n) is 12.3. The first kappa shape index (κ1) is 30.2. The largest absolute Gasteiger partial charge is 0.431 e. The first-order valence-corrected chi connectivity index (χ1v) is 14.7. The van der Waals surface area contributed by atoms with Crippen LogP contribution in [0.1, 0.15) is 39.3 Å². The number of aliphatic hydroxyl groups is 2. The number of nitrogens with zero attached hydrogens (tertiary/aromatic N) is 1. The van der Waals surface area contributed by atoms with Gasteiger partial charge in [-0.3, -0.25) is 4.79 Å². The summed E-state index contributed by atoms with van der Waals surface area (Å²) in [7, 11) is -3.38. The number of ether oxygens (including phenoxy) is 1. The van der Waals surface area contributed by atoms with Crippen molar-refractivity contribution in [3.63, 3.8) is 0 Å². The molecule has 0 fully saturated rings. The Kier molecular flexibility index (Phi) is 9.12. The topological polar surface area (TPSA) is 126 Å². The SMILES string of the molecule is CCS(=O)(=O)c1ccc(C(CO)NC(=O)c2ccc(-c3nc(Oc4ccc(C(F)(F)F)cc4)sc3CO)cc2)cc1. The van der Waals surface area contributed by atoms with Crippen LogP contribution in [-0.4, -0.2) is 41.9 Å². The number of nitrogens with one attached hydrogen (secondary N) is 1. The van der Waals surface area contributed by atoms with Gasteiger partial charge in [-0.2, -0.15) is 13.2 Å². The fourth-order valence-electron chi connectivity index (χ4n) is 3.85. The summed E-state index contributed by atoms with van der Waals surface area (Å²) >= 11 is 1.03. The molecule has 1 atom stereocenters. The Hall–Kier alpha value is -3.78. The van der Waals surface area contributed by atoms with E-state index in [1.165, 1.54) is 48.5 Å². The van der Waals surface area contributed by atoms with E-state index in [1.807, 2.05) is 0 Å². The molecule has 3 aromatic carbocycles. The maximum atomic E-state index is 12.9. The second kappa shape index (κ2) is 12.4. The van der Waals surface area contributed by atoms with Crippen LogP contribution in [0.4, 0.5) is 13.2 Å². The van der Waals surface area contributed by atoms with Gasteiger partial charge in [0, 0.05) is 11.1 Å². The van der Waals surface area contributed by atoms with Crippen molar-refractivity contribution in [3.05, 3.63) is 94.4 Å². The number of benzene rings is 3. The molecule has 0 aliphatic rings. The average molecular weight is 607 g/mol. The van der Waals surface area contributed by atoms with Crippen LogP contribution in [0, 0.1) is 0 Å². The average Bonchev–Trinajstić information content (AvgIpc) is 3.38. The van der Waals surface area contributed by atoms with E-state index in [2.05, 4.69) is 10.3 Å². The van der Waals surface area contributed by atoms with Crippen molar-refractivity contribution in [2.75, 3.05) is 12.4 Å². The molecule has 0 aliphatic heterocycles. The van der Waals surface area contributed by atoms with E-state index in [0.29, 0.717) is 21.7 Å². The fraction of sp³-hybridized carbons (Fsp3) is 0.214. The monoisotopic (exact) mass is 606 g/mol. The number of aromatic nitrogens is 1. The van der Waals surface area contributed by atoms with Gasteiger partial charge in [-0.05, 0) is 54.1 Å². The zero-order valence-corrected chi connectivity index (χ0v) is 23.2. The molecule has 216 valence electrons. The number of thiazole rings is 1. The van der Waals surface area contributed by atoms with Crippen LogP contribution in [0.15, 0.2) is 77.7 Å². The third kappa shape index (κ3) is 7.11. The molecule has 0 saturated heterocycles. The molecule has 4 rings (SSSR count). The highest BCUT2D eigenvalue weighted by Gasteiger charge is 2.30. The van der Waals surface area contributed by atoms with Gasteiger partial charge in [0.15, 0.2) is 9.84 Å². The fourth-order valence-corrected chi connectivity index (χ4v) is 5.54. The predicted octanol–water partition coefficient (Wildman–Crippen LogP) is 5.37. The van der Waals surface area contributed by atoms with Gasteiger partial charge in [0.25, 0.3) is 11.1 Å². The lowest BCUT2D eigenvalue weighted by Gasteiger charge is -2.17. The summed E-state index contributed by atoms with van der Waals surface area (Å²) in [5.41, 5.74) is 0.954. The Morgan fingerprint density at radius 2 is 1.63 bits per heavy atom. The molecule has 13 heteroatoms. The molecule has 1 unspecified atom stereocenters. The molecule has 3 N–H and O–H groups in total. The summed E-state index contributed by atoms with van der Waals surface area (Å²) in [6, 6.07) is 15.6. The summed E-state index contributed by atoms with van der Waals surface area (Å²) in [6.07, 6.45) is -4.47. The number of alkyl halides is 3. The van der Waals surface area contributed by atoms with Gasteiger partial charge < -0.3 is 20.3 Å². The molecule has 41 heavy (non-hydrogen) atoms. The van der Waals surface area contributed by atoms with Crippen LogP contribution in [0.3, 0.4) is 0 Å². The van der Waals surface area contributed by atoms with E-state index in [0.717, 1.165) is 23.5 Å². The zero-order valence-electron chi connectivity index (χ0n) is 21.6. The van der Waals surface area contributed by atoms with Crippen LogP contribution in [0.25, 0.3) is 11.3 Å². The summed E-state index contributed by atoms with van der Waals surface area (Å²) < 4.78 is 68.1. The second-order valence-corrected chi connectivity index (χ2v) is 12.1. The van der Waals surface area contributed by atoms with E-state index in [1.54, 1.807) is 19.1 Å². The zero-order chi connectivity index (χ0) is 29.8. The Morgan fingerprint density at radius 1 is 1.00 bits per heavy atom. The lowest BCUT2D eigenvalue weighted by molar-refractivity contribution is -0.137. The van der Waals surface area contributed by atoms with Crippen LogP contribution in [0.5, 0.6) is 10.9 Å². The maximum absolute atomic E-state index is 12.9. The van der Waals surface area contributed by atoms with E-state index in [-0.39, 0.29) is 33.8 Å². The van der Waals surface area contributed by atoms with Gasteiger partial charge in [0.05, 0.1) is 46.0 Å². The molecular formula is C28H25F3N2O6S2. The van der Waals surface area contributed by atoms with Gasteiger partial charge in [-0.25, -0.2) is 13.4 Å². The minimum absolute atomic E-state index is 0.0449. The normalized spacial score (nSPS) is 12.6. The van der Waals surface area contributed by atoms with E-state index in [4.69, 9.17) is 4.74 Å². The van der Waals surface area contributed by atoms with Crippen LogP contribution < -0.4 is 10.1 Å². The molecule has 1 aromatic heterocycles. The molecule has 8 nitrogen and oxygen atoms in total. The van der Waals surface area contributed by atoms with Crippen LogP contribution >= 0.6 is 11.3 Å². The van der Waals surface area contributed by atoms with Crippen molar-refractivity contribution in [1.29, 1.82) is 0 Å². The van der Waals surface area contributed by atoms with E-state index in [9.17, 15) is 36.6 Å². The lowest BCUT2D eigenvalue weighted by atomic mass is 10.1. The highest BCUT2D eigenvalue weighted by atomic mass is 32.2. The highest BCUT2D eigenvalue weighted by molar-refractivity contribution is 7.91. The smallest absolute Gasteiger partial charge is 0.416 e. The Balaban J connectivity index is 1.46. The van der Waals surface area contributed by atoms with Crippen molar-refractivity contribution in [3.8, 4) is 22.2 Å². The summed E-state index contributed by atoms with van der Waals surface area (Å²) in [5, 5.41) is 22.5. The number of carbonyl (C=O) groups excluding carboxylic acids is 1. The first-order chi connectivity index (χ1) is 19.4. The van der Waals surface area contributed by atoms with E-state index < -0.39 is 40.1 Å². The summed E-state index contributed by atoms with van der Waals surface area (Å²) in [4.78, 5) is 17.8.